The number of nitrogens with one attached hydrogen (secondary N) is 1. The highest BCUT2D eigenvalue weighted by Gasteiger charge is 2.21. The first-order valence-electron chi connectivity index (χ1n) is 7.13. The number of carbonyl (C=O) groups excluding carboxylic acids is 3. The summed E-state index contributed by atoms with van der Waals surface area (Å²) in [5.74, 6) is -0.937. The van der Waals surface area contributed by atoms with Gasteiger partial charge in [0.1, 0.15) is 5.75 Å². The van der Waals surface area contributed by atoms with Crippen molar-refractivity contribution in [3.05, 3.63) is 29.8 Å². The largest absolute Gasteiger partial charge is 0.482 e. The number of hydrogen-bond acceptors (Lipinski definition) is 5. The first-order chi connectivity index (χ1) is 10.6. The van der Waals surface area contributed by atoms with E-state index in [0.29, 0.717) is 5.75 Å². The van der Waals surface area contributed by atoms with Crippen molar-refractivity contribution in [3.63, 3.8) is 0 Å². The minimum absolute atomic E-state index is 0.144. The number of benzene rings is 1. The third-order valence-corrected chi connectivity index (χ3v) is 2.96. The Morgan fingerprint density at radius 2 is 1.83 bits per heavy atom. The van der Waals surface area contributed by atoms with E-state index in [0.717, 1.165) is 5.56 Å². The van der Waals surface area contributed by atoms with E-state index in [-0.39, 0.29) is 12.0 Å². The summed E-state index contributed by atoms with van der Waals surface area (Å²) in [6, 6.07) is 6.37. The van der Waals surface area contributed by atoms with Crippen LogP contribution in [0.5, 0.6) is 5.75 Å². The molecule has 0 saturated carbocycles. The predicted molar refractivity (Wildman–Crippen MR) is 83.9 cm³/mol. The quantitative estimate of drug-likeness (QED) is 0.799. The minimum Gasteiger partial charge on any atom is -0.482 e. The fraction of sp³-hybridized carbons (Fsp3) is 0.438. The van der Waals surface area contributed by atoms with E-state index in [2.05, 4.69) is 0 Å². The molecule has 7 heteroatoms. The lowest BCUT2D eigenvalue weighted by Gasteiger charge is -2.22. The Labute approximate surface area is 135 Å². The predicted octanol–water partition coefficient (Wildman–Crippen LogP) is 1.49. The van der Waals surface area contributed by atoms with Crippen molar-refractivity contribution in [1.29, 1.82) is 0 Å². The Bertz CT molecular complexity index is 592. The molecule has 3 N–H and O–H groups in total. The van der Waals surface area contributed by atoms with Crippen molar-refractivity contribution in [1.82, 2.24) is 5.32 Å². The molecule has 0 fully saturated rings. The fourth-order valence-electron chi connectivity index (χ4n) is 1.86. The number of imide groups is 1. The number of para-hydroxylation sites is 1. The molecule has 0 heterocycles. The van der Waals surface area contributed by atoms with Crippen molar-refractivity contribution in [2.24, 2.45) is 5.73 Å². The maximum absolute atomic E-state index is 11.7. The fourth-order valence-corrected chi connectivity index (χ4v) is 1.86. The summed E-state index contributed by atoms with van der Waals surface area (Å²) >= 11 is 0. The second-order valence-corrected chi connectivity index (χ2v) is 6.02. The van der Waals surface area contributed by atoms with Crippen LogP contribution in [0.4, 0.5) is 4.79 Å². The molecule has 0 aliphatic rings. The summed E-state index contributed by atoms with van der Waals surface area (Å²) in [6.45, 7) is 7.08. The van der Waals surface area contributed by atoms with Crippen LogP contribution in [0.15, 0.2) is 24.3 Å². The number of nitrogens with two attached hydrogens (primary N) is 1. The zero-order valence-electron chi connectivity index (χ0n) is 13.7. The summed E-state index contributed by atoms with van der Waals surface area (Å²) < 4.78 is 10.4. The molecule has 0 aliphatic heterocycles. The average molecular weight is 322 g/mol. The minimum atomic E-state index is -1.14. The van der Waals surface area contributed by atoms with Gasteiger partial charge in [0.05, 0.1) is 0 Å². The third-order valence-electron chi connectivity index (χ3n) is 2.96. The molecule has 0 spiro atoms. The maximum atomic E-state index is 11.7. The van der Waals surface area contributed by atoms with Gasteiger partial charge in [-0.15, -0.1) is 0 Å². The van der Waals surface area contributed by atoms with Gasteiger partial charge in [-0.2, -0.15) is 0 Å². The van der Waals surface area contributed by atoms with E-state index in [4.69, 9.17) is 15.2 Å². The number of rotatable bonds is 5. The third kappa shape index (κ3) is 5.98. The lowest BCUT2D eigenvalue weighted by Crippen LogP contribution is -2.42. The highest BCUT2D eigenvalue weighted by atomic mass is 16.6. The van der Waals surface area contributed by atoms with Crippen LogP contribution >= 0.6 is 0 Å². The smallest absolute Gasteiger partial charge is 0.344 e. The zero-order valence-corrected chi connectivity index (χ0v) is 13.7. The van der Waals surface area contributed by atoms with Gasteiger partial charge in [0.25, 0.3) is 5.91 Å². The van der Waals surface area contributed by atoms with Crippen molar-refractivity contribution >= 4 is 17.9 Å². The number of urea groups is 1. The number of carbonyl (C=O) groups is 3. The molecule has 3 amide bonds. The van der Waals surface area contributed by atoms with Crippen molar-refractivity contribution in [2.75, 3.05) is 6.61 Å². The molecular formula is C16H22N2O5. The van der Waals surface area contributed by atoms with Gasteiger partial charge in [-0.3, -0.25) is 10.1 Å². The maximum Gasteiger partial charge on any atom is 0.344 e. The highest BCUT2D eigenvalue weighted by molar-refractivity contribution is 5.96. The molecule has 0 radical (unpaired) electrons. The molecule has 126 valence electrons. The summed E-state index contributed by atoms with van der Waals surface area (Å²) in [5.41, 5.74) is 5.63. The lowest BCUT2D eigenvalue weighted by atomic mass is 9.86. The monoisotopic (exact) mass is 322 g/mol. The van der Waals surface area contributed by atoms with Gasteiger partial charge in [0, 0.05) is 0 Å². The summed E-state index contributed by atoms with van der Waals surface area (Å²) in [4.78, 5) is 33.7. The molecule has 0 aliphatic carbocycles. The van der Waals surface area contributed by atoms with Gasteiger partial charge < -0.3 is 15.2 Å². The number of esters is 1. The standard InChI is InChI=1S/C16H22N2O5/c1-10(14(20)18-15(17)21)23-13(19)9-22-12-8-6-5-7-11(12)16(2,3)4/h5-8,10H,9H2,1-4H3,(H3,17,18,20,21)/t10-/m0/s1. The highest BCUT2D eigenvalue weighted by Crippen LogP contribution is 2.30. The Hall–Kier alpha value is -2.57. The Morgan fingerprint density at radius 3 is 2.39 bits per heavy atom. The number of ether oxygens (including phenoxy) is 2. The van der Waals surface area contributed by atoms with E-state index in [1.54, 1.807) is 12.1 Å². The van der Waals surface area contributed by atoms with Gasteiger partial charge in [-0.1, -0.05) is 39.0 Å². The first-order valence-corrected chi connectivity index (χ1v) is 7.13. The van der Waals surface area contributed by atoms with E-state index in [1.165, 1.54) is 6.92 Å². The average Bonchev–Trinajstić information content (AvgIpc) is 2.43. The number of primary amides is 1. The van der Waals surface area contributed by atoms with E-state index >= 15 is 0 Å². The van der Waals surface area contributed by atoms with Crippen molar-refractivity contribution in [2.45, 2.75) is 39.2 Å². The molecule has 0 bridgehead atoms. The zero-order chi connectivity index (χ0) is 17.6. The molecule has 7 nitrogen and oxygen atoms in total. The molecule has 1 aromatic carbocycles. The molecule has 0 aromatic heterocycles. The van der Waals surface area contributed by atoms with Crippen LogP contribution in [0.1, 0.15) is 33.3 Å². The van der Waals surface area contributed by atoms with Crippen LogP contribution in [0, 0.1) is 0 Å². The SMILES string of the molecule is C[C@H](OC(=O)COc1ccccc1C(C)(C)C)C(=O)NC(N)=O. The first kappa shape index (κ1) is 18.5. The van der Waals surface area contributed by atoms with Crippen LogP contribution in [-0.2, 0) is 19.7 Å². The lowest BCUT2D eigenvalue weighted by molar-refractivity contribution is -0.156. The summed E-state index contributed by atoms with van der Waals surface area (Å²) in [5, 5.41) is 1.83. The van der Waals surface area contributed by atoms with Crippen LogP contribution in [-0.4, -0.2) is 30.6 Å². The van der Waals surface area contributed by atoms with Crippen molar-refractivity contribution in [3.8, 4) is 5.75 Å². The van der Waals surface area contributed by atoms with Gasteiger partial charge in [-0.05, 0) is 24.0 Å². The summed E-state index contributed by atoms with van der Waals surface area (Å²) in [7, 11) is 0. The van der Waals surface area contributed by atoms with E-state index < -0.39 is 24.0 Å². The normalized spacial score (nSPS) is 12.2. The molecule has 1 aromatic rings. The Morgan fingerprint density at radius 1 is 1.22 bits per heavy atom. The van der Waals surface area contributed by atoms with Crippen molar-refractivity contribution < 1.29 is 23.9 Å². The topological polar surface area (TPSA) is 108 Å². The number of hydrogen-bond donors (Lipinski definition) is 2. The van der Waals surface area contributed by atoms with Gasteiger partial charge in [0.15, 0.2) is 12.7 Å². The summed E-state index contributed by atoms with van der Waals surface area (Å²) in [6.07, 6.45) is -1.14. The van der Waals surface area contributed by atoms with E-state index in [1.807, 2.05) is 38.2 Å². The second-order valence-electron chi connectivity index (χ2n) is 6.02. The van der Waals surface area contributed by atoms with Gasteiger partial charge in [-0.25, -0.2) is 9.59 Å². The van der Waals surface area contributed by atoms with Crippen LogP contribution in [0.3, 0.4) is 0 Å². The number of amides is 3. The van der Waals surface area contributed by atoms with Gasteiger partial charge >= 0.3 is 12.0 Å². The Balaban J connectivity index is 2.61. The molecular weight excluding hydrogens is 300 g/mol. The molecule has 23 heavy (non-hydrogen) atoms. The van der Waals surface area contributed by atoms with Crippen LogP contribution in [0.2, 0.25) is 0 Å². The van der Waals surface area contributed by atoms with Crippen LogP contribution in [0.25, 0.3) is 0 Å². The molecule has 0 saturated heterocycles. The van der Waals surface area contributed by atoms with Crippen LogP contribution < -0.4 is 15.8 Å². The van der Waals surface area contributed by atoms with Gasteiger partial charge in [0.2, 0.25) is 0 Å². The molecule has 1 rings (SSSR count). The van der Waals surface area contributed by atoms with E-state index in [9.17, 15) is 14.4 Å². The Kier molecular flexibility index (Phi) is 6.12. The molecule has 0 unspecified atom stereocenters. The molecule has 1 atom stereocenters. The second kappa shape index (κ2) is 7.62.